The van der Waals surface area contributed by atoms with Gasteiger partial charge in [0.15, 0.2) is 0 Å². The van der Waals surface area contributed by atoms with Crippen LogP contribution in [0.5, 0.6) is 5.75 Å². The van der Waals surface area contributed by atoms with Gasteiger partial charge in [-0.1, -0.05) is 54.6 Å². The fourth-order valence-corrected chi connectivity index (χ4v) is 3.47. The smallest absolute Gasteiger partial charge is 0.258 e. The highest BCUT2D eigenvalue weighted by Gasteiger charge is 2.19. The molecule has 29 heavy (non-hydrogen) atoms. The molecule has 4 aromatic rings. The number of benzene rings is 3. The van der Waals surface area contributed by atoms with E-state index in [1.165, 1.54) is 0 Å². The van der Waals surface area contributed by atoms with Gasteiger partial charge in [-0.15, -0.1) is 0 Å². The minimum atomic E-state index is -0.167. The maximum absolute atomic E-state index is 12.5. The fraction of sp³-hybridized carbons (Fsp3) is 0.167. The number of ether oxygens (including phenoxy) is 1. The number of aromatic amines is 1. The first-order valence-electron chi connectivity index (χ1n) is 9.59. The molecule has 0 fully saturated rings. The highest BCUT2D eigenvalue weighted by Crippen LogP contribution is 2.26. The Kier molecular flexibility index (Phi) is 5.40. The molecule has 3 aromatic carbocycles. The summed E-state index contributed by atoms with van der Waals surface area (Å²) in [5, 5.41) is 4.22. The van der Waals surface area contributed by atoms with Crippen molar-refractivity contribution < 1.29 is 4.74 Å². The van der Waals surface area contributed by atoms with Crippen LogP contribution in [0.15, 0.2) is 83.7 Å². The van der Waals surface area contributed by atoms with E-state index >= 15 is 0 Å². The number of aromatic nitrogens is 2. The molecule has 0 saturated carbocycles. The molecule has 0 aliphatic heterocycles. The number of nitrogens with zero attached hydrogens (tertiary/aromatic N) is 1. The SMILES string of the molecule is COc1ccc(C(NC(C)c2nc3ccccc3c(=O)[nH]2)c2ccccc2)cc1. The van der Waals surface area contributed by atoms with Gasteiger partial charge in [-0.3, -0.25) is 10.1 Å². The number of nitrogens with one attached hydrogen (secondary N) is 2. The Hall–Kier alpha value is -3.44. The van der Waals surface area contributed by atoms with E-state index in [4.69, 9.17) is 4.74 Å². The van der Waals surface area contributed by atoms with Crippen LogP contribution in [0.4, 0.5) is 0 Å². The molecule has 5 heteroatoms. The summed E-state index contributed by atoms with van der Waals surface area (Å²) < 4.78 is 5.29. The molecule has 0 radical (unpaired) electrons. The van der Waals surface area contributed by atoms with Crippen molar-refractivity contribution >= 4 is 10.9 Å². The van der Waals surface area contributed by atoms with Crippen LogP contribution >= 0.6 is 0 Å². The van der Waals surface area contributed by atoms with Crippen molar-refractivity contribution in [2.45, 2.75) is 19.0 Å². The Labute approximate surface area is 169 Å². The van der Waals surface area contributed by atoms with Gasteiger partial charge < -0.3 is 9.72 Å². The van der Waals surface area contributed by atoms with Gasteiger partial charge in [0.05, 0.1) is 30.1 Å². The summed E-state index contributed by atoms with van der Waals surface area (Å²) in [6.45, 7) is 2.01. The second-order valence-corrected chi connectivity index (χ2v) is 6.97. The summed E-state index contributed by atoms with van der Waals surface area (Å²) in [7, 11) is 1.66. The lowest BCUT2D eigenvalue weighted by Gasteiger charge is -2.24. The molecule has 1 aromatic heterocycles. The van der Waals surface area contributed by atoms with Crippen LogP contribution in [0, 0.1) is 0 Å². The van der Waals surface area contributed by atoms with E-state index in [2.05, 4.69) is 27.4 Å². The first kappa shape index (κ1) is 18.9. The second kappa shape index (κ2) is 8.29. The fourth-order valence-electron chi connectivity index (χ4n) is 3.47. The Balaban J connectivity index is 1.69. The first-order chi connectivity index (χ1) is 14.2. The largest absolute Gasteiger partial charge is 0.497 e. The van der Waals surface area contributed by atoms with Gasteiger partial charge in [-0.2, -0.15) is 0 Å². The number of H-pyrrole nitrogens is 1. The van der Waals surface area contributed by atoms with Crippen molar-refractivity contribution in [1.82, 2.24) is 15.3 Å². The number of para-hydroxylation sites is 1. The van der Waals surface area contributed by atoms with Crippen molar-refractivity contribution in [2.24, 2.45) is 0 Å². The Morgan fingerprint density at radius 3 is 2.28 bits per heavy atom. The van der Waals surface area contributed by atoms with Crippen LogP contribution in [0.3, 0.4) is 0 Å². The van der Waals surface area contributed by atoms with Crippen molar-refractivity contribution in [3.05, 3.63) is 106 Å². The van der Waals surface area contributed by atoms with E-state index < -0.39 is 0 Å². The third-order valence-corrected chi connectivity index (χ3v) is 5.04. The third-order valence-electron chi connectivity index (χ3n) is 5.04. The molecular weight excluding hydrogens is 362 g/mol. The molecule has 2 unspecified atom stereocenters. The molecule has 0 aliphatic rings. The van der Waals surface area contributed by atoms with Gasteiger partial charge in [0.2, 0.25) is 0 Å². The minimum Gasteiger partial charge on any atom is -0.497 e. The molecule has 0 bridgehead atoms. The summed E-state index contributed by atoms with van der Waals surface area (Å²) in [6.07, 6.45) is 0. The van der Waals surface area contributed by atoms with E-state index in [0.29, 0.717) is 16.7 Å². The van der Waals surface area contributed by atoms with Gasteiger partial charge in [-0.25, -0.2) is 4.98 Å². The highest BCUT2D eigenvalue weighted by atomic mass is 16.5. The molecule has 2 N–H and O–H groups in total. The van der Waals surface area contributed by atoms with Crippen molar-refractivity contribution in [1.29, 1.82) is 0 Å². The normalized spacial score (nSPS) is 13.2. The summed E-state index contributed by atoms with van der Waals surface area (Å²) >= 11 is 0. The maximum Gasteiger partial charge on any atom is 0.258 e. The van der Waals surface area contributed by atoms with E-state index in [9.17, 15) is 4.79 Å². The van der Waals surface area contributed by atoms with Crippen LogP contribution in [-0.2, 0) is 0 Å². The molecular formula is C24H23N3O2. The second-order valence-electron chi connectivity index (χ2n) is 6.97. The standard InChI is InChI=1S/C24H23N3O2/c1-16(23-26-21-11-7-6-10-20(21)24(28)27-23)25-22(17-8-4-3-5-9-17)18-12-14-19(29-2)15-13-18/h3-16,22,25H,1-2H3,(H,26,27,28). The summed E-state index contributed by atoms with van der Waals surface area (Å²) in [5.74, 6) is 1.43. The zero-order valence-corrected chi connectivity index (χ0v) is 16.4. The Bertz CT molecular complexity index is 1150. The number of fused-ring (bicyclic) bond motifs is 1. The molecule has 4 rings (SSSR count). The Morgan fingerprint density at radius 2 is 1.55 bits per heavy atom. The average molecular weight is 385 g/mol. The van der Waals surface area contributed by atoms with Crippen LogP contribution in [-0.4, -0.2) is 17.1 Å². The molecule has 0 saturated heterocycles. The van der Waals surface area contributed by atoms with Crippen molar-refractivity contribution in [2.75, 3.05) is 7.11 Å². The summed E-state index contributed by atoms with van der Waals surface area (Å²) in [4.78, 5) is 20.1. The molecule has 2 atom stereocenters. The minimum absolute atomic E-state index is 0.0612. The lowest BCUT2D eigenvalue weighted by molar-refractivity contribution is 0.414. The predicted octanol–water partition coefficient (Wildman–Crippen LogP) is 4.37. The maximum atomic E-state index is 12.5. The molecule has 0 amide bonds. The highest BCUT2D eigenvalue weighted by molar-refractivity contribution is 5.77. The molecule has 146 valence electrons. The van der Waals surface area contributed by atoms with Gasteiger partial charge in [0, 0.05) is 0 Å². The summed E-state index contributed by atoms with van der Waals surface area (Å²) in [5.41, 5.74) is 2.81. The quantitative estimate of drug-likeness (QED) is 0.517. The molecule has 5 nitrogen and oxygen atoms in total. The van der Waals surface area contributed by atoms with Gasteiger partial charge in [0.25, 0.3) is 5.56 Å². The average Bonchev–Trinajstić information content (AvgIpc) is 2.78. The lowest BCUT2D eigenvalue weighted by Crippen LogP contribution is -2.28. The zero-order chi connectivity index (χ0) is 20.2. The predicted molar refractivity (Wildman–Crippen MR) is 115 cm³/mol. The van der Waals surface area contributed by atoms with Gasteiger partial charge in [-0.05, 0) is 42.3 Å². The molecule has 0 aliphatic carbocycles. The van der Waals surface area contributed by atoms with Crippen molar-refractivity contribution in [3.8, 4) is 5.75 Å². The zero-order valence-electron chi connectivity index (χ0n) is 16.4. The third kappa shape index (κ3) is 4.05. The Morgan fingerprint density at radius 1 is 0.897 bits per heavy atom. The van der Waals surface area contributed by atoms with Crippen LogP contribution in [0.25, 0.3) is 10.9 Å². The van der Waals surface area contributed by atoms with Crippen molar-refractivity contribution in [3.63, 3.8) is 0 Å². The van der Waals surface area contributed by atoms with E-state index in [1.54, 1.807) is 13.2 Å². The number of rotatable bonds is 6. The lowest BCUT2D eigenvalue weighted by atomic mass is 9.97. The number of hydrogen-bond donors (Lipinski definition) is 2. The molecule has 1 heterocycles. The van der Waals surface area contributed by atoms with E-state index in [0.717, 1.165) is 16.9 Å². The van der Waals surface area contributed by atoms with E-state index in [1.807, 2.05) is 67.6 Å². The first-order valence-corrected chi connectivity index (χ1v) is 9.59. The summed E-state index contributed by atoms with van der Waals surface area (Å²) in [6, 6.07) is 25.4. The van der Waals surface area contributed by atoms with Gasteiger partial charge in [0.1, 0.15) is 11.6 Å². The van der Waals surface area contributed by atoms with E-state index in [-0.39, 0.29) is 17.6 Å². The number of methoxy groups -OCH3 is 1. The van der Waals surface area contributed by atoms with Crippen LogP contribution in [0.1, 0.15) is 36.0 Å². The van der Waals surface area contributed by atoms with Crippen LogP contribution in [0.2, 0.25) is 0 Å². The van der Waals surface area contributed by atoms with Crippen LogP contribution < -0.4 is 15.6 Å². The molecule has 0 spiro atoms. The monoisotopic (exact) mass is 385 g/mol. The number of hydrogen-bond acceptors (Lipinski definition) is 4. The topological polar surface area (TPSA) is 67.0 Å². The van der Waals surface area contributed by atoms with Gasteiger partial charge >= 0.3 is 0 Å².